The molecule has 0 N–H and O–H groups in total. The van der Waals surface area contributed by atoms with E-state index in [0.717, 1.165) is 12.4 Å². The summed E-state index contributed by atoms with van der Waals surface area (Å²) >= 11 is 0. The lowest BCUT2D eigenvalue weighted by Gasteiger charge is -2.25. The summed E-state index contributed by atoms with van der Waals surface area (Å²) in [5.41, 5.74) is 0. The maximum absolute atomic E-state index is 5.38. The van der Waals surface area contributed by atoms with Gasteiger partial charge in [0.1, 0.15) is 5.75 Å². The molecule has 0 heterocycles. The molecule has 13 heavy (non-hydrogen) atoms. The topological polar surface area (TPSA) is 9.23 Å². The van der Waals surface area contributed by atoms with Crippen molar-refractivity contribution in [3.05, 3.63) is 24.3 Å². The monoisotopic (exact) mass is 198 g/mol. The maximum Gasteiger partial charge on any atom is 0.119 e. The molecular weight excluding hydrogens is 180 g/mol. The highest BCUT2D eigenvalue weighted by molar-refractivity contribution is 8.32. The van der Waals surface area contributed by atoms with Gasteiger partial charge in [0.25, 0.3) is 0 Å². The van der Waals surface area contributed by atoms with E-state index < -0.39 is 10.0 Å². The van der Waals surface area contributed by atoms with Crippen LogP contribution in [0, 0.1) is 0 Å². The van der Waals surface area contributed by atoms with Crippen molar-refractivity contribution in [2.24, 2.45) is 0 Å². The predicted molar refractivity (Wildman–Crippen MR) is 61.2 cm³/mol. The molecule has 0 fully saturated rings. The van der Waals surface area contributed by atoms with Crippen LogP contribution >= 0.6 is 10.0 Å². The Morgan fingerprint density at radius 3 is 2.00 bits per heavy atom. The molecular formula is C11H18OS. The summed E-state index contributed by atoms with van der Waals surface area (Å²) in [5, 5.41) is 0. The third-order valence-electron chi connectivity index (χ3n) is 1.84. The van der Waals surface area contributed by atoms with Crippen molar-refractivity contribution < 1.29 is 4.74 Å². The maximum atomic E-state index is 5.38. The van der Waals surface area contributed by atoms with Crippen LogP contribution in [0.5, 0.6) is 5.75 Å². The van der Waals surface area contributed by atoms with E-state index in [1.165, 1.54) is 4.90 Å². The Morgan fingerprint density at radius 1 is 1.08 bits per heavy atom. The fourth-order valence-electron chi connectivity index (χ4n) is 1.11. The SMILES string of the molecule is CCOc1ccc(S(C)(C)C)cc1. The highest BCUT2D eigenvalue weighted by Gasteiger charge is 2.06. The van der Waals surface area contributed by atoms with Gasteiger partial charge in [0.2, 0.25) is 0 Å². The first-order valence-electron chi connectivity index (χ1n) is 4.45. The van der Waals surface area contributed by atoms with Gasteiger partial charge in [-0.05, 0) is 54.9 Å². The zero-order valence-corrected chi connectivity index (χ0v) is 9.65. The Morgan fingerprint density at radius 2 is 1.62 bits per heavy atom. The van der Waals surface area contributed by atoms with Gasteiger partial charge in [-0.3, -0.25) is 0 Å². The standard InChI is InChI=1S/C11H18OS/c1-5-12-10-6-8-11(9-7-10)13(2,3)4/h6-9H,5H2,1-4H3. The van der Waals surface area contributed by atoms with Crippen molar-refractivity contribution in [2.45, 2.75) is 11.8 Å². The molecule has 1 aromatic rings. The lowest BCUT2D eigenvalue weighted by atomic mass is 10.3. The summed E-state index contributed by atoms with van der Waals surface area (Å²) in [6.07, 6.45) is 6.88. The minimum Gasteiger partial charge on any atom is -0.494 e. The van der Waals surface area contributed by atoms with Gasteiger partial charge in [0.15, 0.2) is 0 Å². The molecule has 0 aliphatic heterocycles. The molecule has 0 aliphatic rings. The number of ether oxygens (including phenoxy) is 1. The van der Waals surface area contributed by atoms with E-state index in [-0.39, 0.29) is 0 Å². The molecule has 2 heteroatoms. The minimum absolute atomic E-state index is 0.590. The second-order valence-corrected chi connectivity index (χ2v) is 7.89. The van der Waals surface area contributed by atoms with E-state index in [9.17, 15) is 0 Å². The van der Waals surface area contributed by atoms with Gasteiger partial charge in [0.05, 0.1) is 6.61 Å². The average molecular weight is 198 g/mol. The van der Waals surface area contributed by atoms with Crippen molar-refractivity contribution in [1.29, 1.82) is 0 Å². The predicted octanol–water partition coefficient (Wildman–Crippen LogP) is 3.14. The first-order chi connectivity index (χ1) is 6.04. The van der Waals surface area contributed by atoms with E-state index >= 15 is 0 Å². The van der Waals surface area contributed by atoms with E-state index in [1.54, 1.807) is 0 Å². The second kappa shape index (κ2) is 4.05. The number of hydrogen-bond acceptors (Lipinski definition) is 1. The van der Waals surface area contributed by atoms with E-state index in [4.69, 9.17) is 4.74 Å². The largest absolute Gasteiger partial charge is 0.494 e. The molecule has 1 rings (SSSR count). The molecule has 0 amide bonds. The summed E-state index contributed by atoms with van der Waals surface area (Å²) < 4.78 is 5.38. The molecule has 0 atom stereocenters. The van der Waals surface area contributed by atoms with Crippen LogP contribution in [0.1, 0.15) is 6.92 Å². The lowest BCUT2D eigenvalue weighted by Crippen LogP contribution is -1.94. The summed E-state index contributed by atoms with van der Waals surface area (Å²) in [6.45, 7) is 2.74. The molecule has 74 valence electrons. The number of benzene rings is 1. The molecule has 0 unspecified atom stereocenters. The lowest BCUT2D eigenvalue weighted by molar-refractivity contribution is 0.340. The Hall–Kier alpha value is -0.630. The van der Waals surface area contributed by atoms with Crippen LogP contribution in [0.25, 0.3) is 0 Å². The summed E-state index contributed by atoms with van der Waals surface area (Å²) in [5.74, 6) is 0.968. The number of hydrogen-bond donors (Lipinski definition) is 0. The highest BCUT2D eigenvalue weighted by Crippen LogP contribution is 2.45. The first-order valence-corrected chi connectivity index (χ1v) is 7.31. The molecule has 0 saturated carbocycles. The second-order valence-electron chi connectivity index (χ2n) is 3.74. The van der Waals surface area contributed by atoms with E-state index in [1.807, 2.05) is 6.92 Å². The Bertz CT molecular complexity index is 258. The zero-order valence-electron chi connectivity index (χ0n) is 8.83. The van der Waals surface area contributed by atoms with Gasteiger partial charge in [-0.1, -0.05) is 0 Å². The van der Waals surface area contributed by atoms with Gasteiger partial charge in [0, 0.05) is 0 Å². The first kappa shape index (κ1) is 10.5. The average Bonchev–Trinajstić information content (AvgIpc) is 2.04. The van der Waals surface area contributed by atoms with Crippen LogP contribution in [-0.2, 0) is 0 Å². The Balaban J connectivity index is 2.81. The molecule has 0 aromatic heterocycles. The van der Waals surface area contributed by atoms with Crippen LogP contribution in [0.3, 0.4) is 0 Å². The molecule has 1 aromatic carbocycles. The van der Waals surface area contributed by atoms with Gasteiger partial charge in [-0.2, -0.15) is 0 Å². The van der Waals surface area contributed by atoms with Gasteiger partial charge < -0.3 is 4.74 Å². The van der Waals surface area contributed by atoms with Crippen molar-refractivity contribution in [2.75, 3.05) is 25.4 Å². The van der Waals surface area contributed by atoms with E-state index in [2.05, 4.69) is 43.0 Å². The van der Waals surface area contributed by atoms with Gasteiger partial charge >= 0.3 is 0 Å². The molecule has 0 saturated heterocycles. The van der Waals surface area contributed by atoms with Crippen LogP contribution in [0.15, 0.2) is 29.2 Å². The fourth-order valence-corrected chi connectivity index (χ4v) is 2.06. The quantitative estimate of drug-likeness (QED) is 0.725. The third-order valence-corrected chi connectivity index (χ3v) is 3.53. The smallest absolute Gasteiger partial charge is 0.119 e. The van der Waals surface area contributed by atoms with Crippen molar-refractivity contribution in [1.82, 2.24) is 0 Å². The summed E-state index contributed by atoms with van der Waals surface area (Å²) in [4.78, 5) is 1.43. The molecule has 0 radical (unpaired) electrons. The summed E-state index contributed by atoms with van der Waals surface area (Å²) in [6, 6.07) is 8.44. The van der Waals surface area contributed by atoms with Crippen molar-refractivity contribution in [3.63, 3.8) is 0 Å². The van der Waals surface area contributed by atoms with Crippen LogP contribution in [-0.4, -0.2) is 25.4 Å². The summed E-state index contributed by atoms with van der Waals surface area (Å²) in [7, 11) is -0.590. The third kappa shape index (κ3) is 2.96. The molecule has 0 spiro atoms. The van der Waals surface area contributed by atoms with Crippen molar-refractivity contribution in [3.8, 4) is 5.75 Å². The van der Waals surface area contributed by atoms with Crippen LogP contribution in [0.4, 0.5) is 0 Å². The fraction of sp³-hybridized carbons (Fsp3) is 0.455. The van der Waals surface area contributed by atoms with Gasteiger partial charge in [-0.25, -0.2) is 10.0 Å². The van der Waals surface area contributed by atoms with Crippen molar-refractivity contribution >= 4 is 10.0 Å². The van der Waals surface area contributed by atoms with E-state index in [0.29, 0.717) is 0 Å². The number of rotatable bonds is 3. The highest BCUT2D eigenvalue weighted by atomic mass is 32.3. The molecule has 0 bridgehead atoms. The Kier molecular flexibility index (Phi) is 3.26. The van der Waals surface area contributed by atoms with Crippen LogP contribution < -0.4 is 4.74 Å². The van der Waals surface area contributed by atoms with Crippen LogP contribution in [0.2, 0.25) is 0 Å². The molecule has 1 nitrogen and oxygen atoms in total. The zero-order chi connectivity index (χ0) is 9.90. The molecule has 0 aliphatic carbocycles. The normalized spacial score (nSPS) is 12.6. The van der Waals surface area contributed by atoms with Gasteiger partial charge in [-0.15, -0.1) is 0 Å². The minimum atomic E-state index is -0.590. The Labute approximate surface area is 82.4 Å².